The number of hydrogen-bond donors (Lipinski definition) is 1. The van der Waals surface area contributed by atoms with Gasteiger partial charge in [0, 0.05) is 31.7 Å². The molecule has 10 unspecified atom stereocenters. The van der Waals surface area contributed by atoms with E-state index in [1.807, 2.05) is 14.1 Å². The summed E-state index contributed by atoms with van der Waals surface area (Å²) in [5.41, 5.74) is 0. The van der Waals surface area contributed by atoms with Gasteiger partial charge in [0.1, 0.15) is 19.8 Å². The molecule has 14 nitrogen and oxygen atoms in total. The van der Waals surface area contributed by atoms with E-state index in [1.54, 1.807) is 4.90 Å². The van der Waals surface area contributed by atoms with Gasteiger partial charge in [-0.1, -0.05) is 89.8 Å². The van der Waals surface area contributed by atoms with E-state index in [4.69, 9.17) is 23.7 Å². The van der Waals surface area contributed by atoms with Gasteiger partial charge >= 0.3 is 29.8 Å². The molecular weight excluding hydrogens is 889 g/mol. The third-order valence-corrected chi connectivity index (χ3v) is 16.8. The first-order valence-electron chi connectivity index (χ1n) is 26.9. The minimum absolute atomic E-state index is 0.0173. The number of esters is 5. The van der Waals surface area contributed by atoms with Gasteiger partial charge in [-0.15, -0.1) is 0 Å². The molecule has 15 heteroatoms. The third kappa shape index (κ3) is 18.7. The van der Waals surface area contributed by atoms with Gasteiger partial charge in [0.2, 0.25) is 0 Å². The molecule has 68 heavy (non-hydrogen) atoms. The molecule has 0 aromatic heterocycles. The second-order valence-electron chi connectivity index (χ2n) is 21.4. The lowest BCUT2D eigenvalue weighted by Gasteiger charge is -2.31. The molecule has 6 aliphatic carbocycles. The van der Waals surface area contributed by atoms with Crippen molar-refractivity contribution >= 4 is 46.8 Å². The standard InChI is InChI=1S/C50H80N2O12S.C3H8/c1-51(2)23-8-26-65-50(59)52(24-6-15-45(54)63-43(30-53)31-60-47(56)40-20-17-34-9-3-12-37(34)27-40)25-7-16-46(55)64-44(32-61-48(57)41-21-18-35-10-4-13-38(35)28-41)33-62-49(58)42-22-19-36-11-5-14-39(36)29-42;1-3-2/h34-44,53H,3-33H2,1-2H3;3H2,1-2H3. The van der Waals surface area contributed by atoms with Crippen molar-refractivity contribution in [3.05, 3.63) is 0 Å². The van der Waals surface area contributed by atoms with Crippen LogP contribution in [0, 0.1) is 53.3 Å². The zero-order valence-corrected chi connectivity index (χ0v) is 43.0. The van der Waals surface area contributed by atoms with Crippen LogP contribution in [0.4, 0.5) is 4.79 Å². The van der Waals surface area contributed by atoms with E-state index in [2.05, 4.69) is 18.7 Å². The second-order valence-corrected chi connectivity index (χ2v) is 22.4. The van der Waals surface area contributed by atoms with Crippen molar-refractivity contribution in [3.8, 4) is 0 Å². The van der Waals surface area contributed by atoms with E-state index in [-0.39, 0.29) is 93.1 Å². The molecule has 0 aromatic carbocycles. The quantitative estimate of drug-likeness (QED) is 0.0551. The first kappa shape index (κ1) is 56.0. The zero-order valence-electron chi connectivity index (χ0n) is 42.2. The van der Waals surface area contributed by atoms with Crippen LogP contribution in [0.2, 0.25) is 0 Å². The molecule has 0 saturated heterocycles. The van der Waals surface area contributed by atoms with Crippen molar-refractivity contribution in [2.24, 2.45) is 53.3 Å². The summed E-state index contributed by atoms with van der Waals surface area (Å²) in [6, 6.07) is 0. The highest BCUT2D eigenvalue weighted by molar-refractivity contribution is 8.13. The van der Waals surface area contributed by atoms with Gasteiger partial charge in [-0.05, 0) is 133 Å². The average Bonchev–Trinajstić information content (AvgIpc) is 4.13. The molecule has 388 valence electrons. The van der Waals surface area contributed by atoms with E-state index < -0.39 is 30.8 Å². The largest absolute Gasteiger partial charge is 0.461 e. The maximum atomic E-state index is 13.4. The topological polar surface area (TPSA) is 175 Å². The highest BCUT2D eigenvalue weighted by Crippen LogP contribution is 2.46. The van der Waals surface area contributed by atoms with Crippen LogP contribution in [0.5, 0.6) is 0 Å². The van der Waals surface area contributed by atoms with E-state index in [0.717, 1.165) is 95.9 Å². The summed E-state index contributed by atoms with van der Waals surface area (Å²) >= 11 is 1.20. The van der Waals surface area contributed by atoms with Crippen molar-refractivity contribution < 1.29 is 57.6 Å². The van der Waals surface area contributed by atoms with Crippen molar-refractivity contribution in [3.63, 3.8) is 0 Å². The molecule has 10 atom stereocenters. The molecular formula is C53H88N2O12S. The second kappa shape index (κ2) is 30.1. The van der Waals surface area contributed by atoms with Crippen LogP contribution in [-0.2, 0) is 47.7 Å². The Morgan fingerprint density at radius 1 is 0.529 bits per heavy atom. The van der Waals surface area contributed by atoms with Crippen LogP contribution in [0.1, 0.15) is 168 Å². The molecule has 6 aliphatic rings. The number of carbonyl (C=O) groups excluding carboxylic acids is 6. The number of carbonyl (C=O) groups is 6. The number of rotatable bonds is 24. The minimum Gasteiger partial charge on any atom is -0.461 e. The van der Waals surface area contributed by atoms with Gasteiger partial charge in [0.25, 0.3) is 5.24 Å². The summed E-state index contributed by atoms with van der Waals surface area (Å²) in [5, 5.41) is 9.74. The molecule has 0 spiro atoms. The highest BCUT2D eigenvalue weighted by atomic mass is 32.2. The Bertz CT molecular complexity index is 1530. The number of aliphatic hydroxyl groups excluding tert-OH is 1. The van der Waals surface area contributed by atoms with E-state index >= 15 is 0 Å². The van der Waals surface area contributed by atoms with Gasteiger partial charge in [0.15, 0.2) is 12.2 Å². The smallest absolute Gasteiger partial charge is 0.309 e. The summed E-state index contributed by atoms with van der Waals surface area (Å²) in [4.78, 5) is 82.7. The molecule has 1 amide bonds. The first-order chi connectivity index (χ1) is 32.9. The number of nitrogens with zero attached hydrogens (tertiary/aromatic N) is 2. The van der Waals surface area contributed by atoms with Gasteiger partial charge in [0.05, 0.1) is 24.4 Å². The fourth-order valence-corrected chi connectivity index (χ4v) is 12.9. The Balaban J connectivity index is 0.00000280. The summed E-state index contributed by atoms with van der Waals surface area (Å²) in [6.07, 6.45) is 19.6. The Kier molecular flexibility index (Phi) is 24.8. The number of hydrogen-bond acceptors (Lipinski definition) is 14. The monoisotopic (exact) mass is 977 g/mol. The van der Waals surface area contributed by atoms with E-state index in [9.17, 15) is 33.9 Å². The van der Waals surface area contributed by atoms with Crippen LogP contribution in [0.15, 0.2) is 0 Å². The third-order valence-electron chi connectivity index (χ3n) is 15.8. The Morgan fingerprint density at radius 3 is 1.31 bits per heavy atom. The molecule has 6 fully saturated rings. The van der Waals surface area contributed by atoms with Crippen LogP contribution in [0.25, 0.3) is 0 Å². The summed E-state index contributed by atoms with van der Waals surface area (Å²) < 4.78 is 28.4. The van der Waals surface area contributed by atoms with Crippen LogP contribution in [0.3, 0.4) is 0 Å². The lowest BCUT2D eigenvalue weighted by molar-refractivity contribution is -0.171. The van der Waals surface area contributed by atoms with Crippen LogP contribution in [-0.4, -0.2) is 128 Å². The van der Waals surface area contributed by atoms with Crippen molar-refractivity contribution in [1.29, 1.82) is 0 Å². The summed E-state index contributed by atoms with van der Waals surface area (Å²) in [5.74, 6) is 1.99. The molecule has 0 aliphatic heterocycles. The Hall–Kier alpha value is -2.91. The summed E-state index contributed by atoms with van der Waals surface area (Å²) in [6.45, 7) is 4.50. The maximum Gasteiger partial charge on any atom is 0.309 e. The maximum absolute atomic E-state index is 13.4. The van der Waals surface area contributed by atoms with Gasteiger partial charge < -0.3 is 38.6 Å². The van der Waals surface area contributed by atoms with Crippen molar-refractivity contribution in [1.82, 2.24) is 9.80 Å². The van der Waals surface area contributed by atoms with Crippen LogP contribution < -0.4 is 0 Å². The van der Waals surface area contributed by atoms with Crippen LogP contribution >= 0.6 is 11.8 Å². The average molecular weight is 977 g/mol. The Morgan fingerprint density at radius 2 is 0.912 bits per heavy atom. The number of aliphatic hydroxyl groups is 1. The van der Waals surface area contributed by atoms with Gasteiger partial charge in [-0.2, -0.15) is 0 Å². The van der Waals surface area contributed by atoms with E-state index in [0.29, 0.717) is 41.8 Å². The number of ether oxygens (including phenoxy) is 5. The lowest BCUT2D eigenvalue weighted by atomic mass is 9.76. The highest BCUT2D eigenvalue weighted by Gasteiger charge is 2.40. The van der Waals surface area contributed by atoms with Crippen molar-refractivity contribution in [2.45, 2.75) is 180 Å². The molecule has 1 N–H and O–H groups in total. The van der Waals surface area contributed by atoms with Gasteiger partial charge in [-0.25, -0.2) is 0 Å². The number of amides is 1. The fraction of sp³-hybridized carbons (Fsp3) is 0.887. The van der Waals surface area contributed by atoms with Crippen molar-refractivity contribution in [2.75, 3.05) is 65.9 Å². The number of fused-ring (bicyclic) bond motifs is 3. The lowest BCUT2D eigenvalue weighted by Crippen LogP contribution is -2.35. The fourth-order valence-electron chi connectivity index (χ4n) is 12.1. The predicted molar refractivity (Wildman–Crippen MR) is 261 cm³/mol. The molecule has 6 saturated carbocycles. The first-order valence-corrected chi connectivity index (χ1v) is 27.9. The predicted octanol–water partition coefficient (Wildman–Crippen LogP) is 9.16. The summed E-state index contributed by atoms with van der Waals surface area (Å²) in [7, 11) is 3.95. The van der Waals surface area contributed by atoms with Gasteiger partial charge in [-0.3, -0.25) is 28.8 Å². The molecule has 0 radical (unpaired) electrons. The minimum atomic E-state index is -0.972. The van der Waals surface area contributed by atoms with E-state index in [1.165, 1.54) is 56.7 Å². The molecule has 0 aromatic rings. The Labute approximate surface area is 412 Å². The normalized spacial score (nSPS) is 28.1. The number of thioether (sulfide) groups is 1. The molecule has 0 heterocycles. The molecule has 6 rings (SSSR count). The molecule has 0 bridgehead atoms. The SMILES string of the molecule is CCC.CN(C)CCCSC(=O)N(CCCC(=O)OC(CO)COC(=O)C1CCC2CCCC2C1)CCCC(=O)OC(COC(=O)C1CCC2CCCC2C1)COC(=O)C1CCC2CCCC2C1. The zero-order chi connectivity index (χ0) is 48.8.